The molecule has 0 aromatic carbocycles. The highest BCUT2D eigenvalue weighted by Crippen LogP contribution is 2.16. The normalized spacial score (nSPS) is 13.1. The summed E-state index contributed by atoms with van der Waals surface area (Å²) in [5.41, 5.74) is 6.34. The predicted octanol–water partition coefficient (Wildman–Crippen LogP) is 0.943. The van der Waals surface area contributed by atoms with E-state index in [-0.39, 0.29) is 0 Å². The average Bonchev–Trinajstić information content (AvgIpc) is 2.17. The molecule has 1 rings (SSSR count). The van der Waals surface area contributed by atoms with E-state index < -0.39 is 6.10 Å². The van der Waals surface area contributed by atoms with E-state index in [0.29, 0.717) is 23.8 Å². The summed E-state index contributed by atoms with van der Waals surface area (Å²) in [4.78, 5) is 3.93. The molecule has 0 aliphatic carbocycles. The Balaban J connectivity index is 2.47. The highest BCUT2D eigenvalue weighted by Gasteiger charge is 2.10. The molecule has 0 amide bonds. The molecule has 84 valence electrons. The summed E-state index contributed by atoms with van der Waals surface area (Å²) in [6, 6.07) is 3.57. The number of rotatable bonds is 5. The van der Waals surface area contributed by atoms with Crippen molar-refractivity contribution in [1.29, 1.82) is 0 Å². The summed E-state index contributed by atoms with van der Waals surface area (Å²) in [6.45, 7) is 5.64. The first-order valence-electron chi connectivity index (χ1n) is 5.20. The van der Waals surface area contributed by atoms with Crippen LogP contribution in [0.25, 0.3) is 0 Å². The summed E-state index contributed by atoms with van der Waals surface area (Å²) < 4.78 is 0. The van der Waals surface area contributed by atoms with Gasteiger partial charge in [0, 0.05) is 18.3 Å². The van der Waals surface area contributed by atoms with Crippen molar-refractivity contribution in [2.75, 3.05) is 18.8 Å². The zero-order chi connectivity index (χ0) is 11.3. The largest absolute Gasteiger partial charge is 0.387 e. The average molecular weight is 209 g/mol. The number of aliphatic hydroxyl groups is 1. The van der Waals surface area contributed by atoms with Crippen LogP contribution in [-0.4, -0.2) is 23.2 Å². The van der Waals surface area contributed by atoms with Crippen LogP contribution < -0.4 is 11.1 Å². The lowest BCUT2D eigenvalue weighted by Gasteiger charge is -2.14. The molecule has 4 heteroatoms. The van der Waals surface area contributed by atoms with Crippen LogP contribution in [0.3, 0.4) is 0 Å². The van der Waals surface area contributed by atoms with Crippen LogP contribution in [0.2, 0.25) is 0 Å². The van der Waals surface area contributed by atoms with Crippen molar-refractivity contribution in [2.24, 2.45) is 5.92 Å². The molecule has 0 saturated carbocycles. The Morgan fingerprint density at radius 1 is 1.47 bits per heavy atom. The molecule has 0 spiro atoms. The lowest BCUT2D eigenvalue weighted by molar-refractivity contribution is 0.174. The maximum atomic E-state index is 9.83. The highest BCUT2D eigenvalue weighted by molar-refractivity contribution is 5.40. The van der Waals surface area contributed by atoms with Crippen molar-refractivity contribution in [2.45, 2.75) is 20.0 Å². The minimum absolute atomic E-state index is 0.399. The Kier molecular flexibility index (Phi) is 4.52. The SMILES string of the molecule is CC(C)CNCC(O)c1cccnc1N. The van der Waals surface area contributed by atoms with Crippen LogP contribution in [0.1, 0.15) is 25.5 Å². The lowest BCUT2D eigenvalue weighted by Crippen LogP contribution is -2.25. The Morgan fingerprint density at radius 2 is 2.20 bits per heavy atom. The molecular formula is C11H19N3O. The van der Waals surface area contributed by atoms with Crippen LogP contribution in [0.4, 0.5) is 5.82 Å². The number of nitrogens with two attached hydrogens (primary N) is 1. The van der Waals surface area contributed by atoms with E-state index in [0.717, 1.165) is 6.54 Å². The molecule has 0 bridgehead atoms. The monoisotopic (exact) mass is 209 g/mol. The van der Waals surface area contributed by atoms with E-state index >= 15 is 0 Å². The summed E-state index contributed by atoms with van der Waals surface area (Å²) in [5, 5.41) is 13.0. The molecule has 0 radical (unpaired) electrons. The lowest BCUT2D eigenvalue weighted by atomic mass is 10.1. The molecule has 1 heterocycles. The summed E-state index contributed by atoms with van der Waals surface area (Å²) in [5.74, 6) is 0.972. The first-order valence-corrected chi connectivity index (χ1v) is 5.20. The summed E-state index contributed by atoms with van der Waals surface area (Å²) >= 11 is 0. The number of nitrogens with zero attached hydrogens (tertiary/aromatic N) is 1. The van der Waals surface area contributed by atoms with Crippen molar-refractivity contribution >= 4 is 5.82 Å². The topological polar surface area (TPSA) is 71.2 Å². The smallest absolute Gasteiger partial charge is 0.129 e. The molecule has 1 aromatic rings. The van der Waals surface area contributed by atoms with Gasteiger partial charge in [-0.15, -0.1) is 0 Å². The molecule has 1 atom stereocenters. The standard InChI is InChI=1S/C11H19N3O/c1-8(2)6-13-7-10(15)9-4-3-5-14-11(9)12/h3-5,8,10,13,15H,6-7H2,1-2H3,(H2,12,14). The number of anilines is 1. The van der Waals surface area contributed by atoms with Crippen molar-refractivity contribution in [3.05, 3.63) is 23.9 Å². The number of aromatic nitrogens is 1. The minimum atomic E-state index is -0.586. The molecule has 4 nitrogen and oxygen atoms in total. The van der Waals surface area contributed by atoms with E-state index in [2.05, 4.69) is 24.1 Å². The molecule has 15 heavy (non-hydrogen) atoms. The second kappa shape index (κ2) is 5.68. The predicted molar refractivity (Wildman–Crippen MR) is 61.3 cm³/mol. The van der Waals surface area contributed by atoms with Crippen LogP contribution in [-0.2, 0) is 0 Å². The number of nitrogen functional groups attached to an aromatic ring is 1. The number of aliphatic hydroxyl groups excluding tert-OH is 1. The first kappa shape index (κ1) is 11.9. The van der Waals surface area contributed by atoms with E-state index in [9.17, 15) is 5.11 Å². The van der Waals surface area contributed by atoms with Gasteiger partial charge in [0.1, 0.15) is 5.82 Å². The van der Waals surface area contributed by atoms with E-state index in [1.165, 1.54) is 0 Å². The van der Waals surface area contributed by atoms with Gasteiger partial charge in [-0.2, -0.15) is 0 Å². The minimum Gasteiger partial charge on any atom is -0.387 e. The Hall–Kier alpha value is -1.13. The Labute approximate surface area is 90.5 Å². The fourth-order valence-electron chi connectivity index (χ4n) is 1.33. The third-order valence-corrected chi connectivity index (χ3v) is 2.12. The fraction of sp³-hybridized carbons (Fsp3) is 0.545. The number of pyridine rings is 1. The quantitative estimate of drug-likeness (QED) is 0.675. The third-order valence-electron chi connectivity index (χ3n) is 2.12. The Bertz CT molecular complexity index is 302. The van der Waals surface area contributed by atoms with E-state index in [1.54, 1.807) is 18.3 Å². The molecule has 0 saturated heterocycles. The van der Waals surface area contributed by atoms with Crippen molar-refractivity contribution in [3.63, 3.8) is 0 Å². The van der Waals surface area contributed by atoms with Gasteiger partial charge in [-0.3, -0.25) is 0 Å². The number of hydrogen-bond donors (Lipinski definition) is 3. The van der Waals surface area contributed by atoms with Crippen LogP contribution in [0, 0.1) is 5.92 Å². The van der Waals surface area contributed by atoms with Crippen molar-refractivity contribution < 1.29 is 5.11 Å². The van der Waals surface area contributed by atoms with Gasteiger partial charge in [0.15, 0.2) is 0 Å². The van der Waals surface area contributed by atoms with Gasteiger partial charge in [0.2, 0.25) is 0 Å². The van der Waals surface area contributed by atoms with E-state index in [4.69, 9.17) is 5.73 Å². The summed E-state index contributed by atoms with van der Waals surface area (Å²) in [6.07, 6.45) is 1.03. The van der Waals surface area contributed by atoms with E-state index in [1.807, 2.05) is 0 Å². The molecule has 4 N–H and O–H groups in total. The number of hydrogen-bond acceptors (Lipinski definition) is 4. The second-order valence-corrected chi connectivity index (χ2v) is 4.05. The summed E-state index contributed by atoms with van der Waals surface area (Å²) in [7, 11) is 0. The van der Waals surface area contributed by atoms with Gasteiger partial charge in [0.25, 0.3) is 0 Å². The van der Waals surface area contributed by atoms with Crippen LogP contribution in [0.15, 0.2) is 18.3 Å². The van der Waals surface area contributed by atoms with Gasteiger partial charge in [-0.1, -0.05) is 19.9 Å². The van der Waals surface area contributed by atoms with Gasteiger partial charge in [0.05, 0.1) is 6.10 Å². The van der Waals surface area contributed by atoms with Crippen LogP contribution in [0.5, 0.6) is 0 Å². The van der Waals surface area contributed by atoms with Gasteiger partial charge in [-0.25, -0.2) is 4.98 Å². The van der Waals surface area contributed by atoms with Gasteiger partial charge in [-0.05, 0) is 18.5 Å². The van der Waals surface area contributed by atoms with Crippen molar-refractivity contribution in [1.82, 2.24) is 10.3 Å². The zero-order valence-electron chi connectivity index (χ0n) is 9.27. The third kappa shape index (κ3) is 3.85. The molecule has 1 aromatic heterocycles. The number of nitrogens with one attached hydrogen (secondary N) is 1. The molecule has 0 fully saturated rings. The van der Waals surface area contributed by atoms with Crippen molar-refractivity contribution in [3.8, 4) is 0 Å². The fourth-order valence-corrected chi connectivity index (χ4v) is 1.33. The zero-order valence-corrected chi connectivity index (χ0v) is 9.27. The maximum absolute atomic E-state index is 9.83. The Morgan fingerprint density at radius 3 is 2.80 bits per heavy atom. The molecule has 1 unspecified atom stereocenters. The highest BCUT2D eigenvalue weighted by atomic mass is 16.3. The molecular weight excluding hydrogens is 190 g/mol. The van der Waals surface area contributed by atoms with Gasteiger partial charge >= 0.3 is 0 Å². The molecule has 0 aliphatic rings. The van der Waals surface area contributed by atoms with Gasteiger partial charge < -0.3 is 16.2 Å². The molecule has 0 aliphatic heterocycles. The van der Waals surface area contributed by atoms with Crippen LogP contribution >= 0.6 is 0 Å². The second-order valence-electron chi connectivity index (χ2n) is 4.05. The first-order chi connectivity index (χ1) is 7.11. The maximum Gasteiger partial charge on any atom is 0.129 e.